The highest BCUT2D eigenvalue weighted by molar-refractivity contribution is 6.30. The van der Waals surface area contributed by atoms with Gasteiger partial charge in [0.1, 0.15) is 5.82 Å². The van der Waals surface area contributed by atoms with Crippen molar-refractivity contribution in [3.05, 3.63) is 53.1 Å². The van der Waals surface area contributed by atoms with Gasteiger partial charge in [-0.3, -0.25) is 4.90 Å². The molecule has 2 aliphatic heterocycles. The number of anilines is 3. The first kappa shape index (κ1) is 27.8. The molecule has 0 radical (unpaired) electrons. The van der Waals surface area contributed by atoms with Gasteiger partial charge in [-0.25, -0.2) is 4.98 Å². The number of aliphatic hydroxyl groups is 1. The number of aliphatic hydroxyl groups excluding tert-OH is 1. The molecule has 1 atom stereocenters. The van der Waals surface area contributed by atoms with E-state index in [9.17, 15) is 5.11 Å². The van der Waals surface area contributed by atoms with Crippen LogP contribution in [0.1, 0.15) is 31.2 Å². The van der Waals surface area contributed by atoms with E-state index in [1.165, 1.54) is 12.0 Å². The summed E-state index contributed by atoms with van der Waals surface area (Å²) in [5.74, 6) is 2.05. The first-order valence-electron chi connectivity index (χ1n) is 12.0. The molecule has 0 aliphatic carbocycles. The van der Waals surface area contributed by atoms with Crippen LogP contribution in [0.25, 0.3) is 10.9 Å². The van der Waals surface area contributed by atoms with E-state index in [2.05, 4.69) is 40.2 Å². The molecule has 2 N–H and O–H groups in total. The van der Waals surface area contributed by atoms with Crippen LogP contribution >= 0.6 is 36.4 Å². The minimum Gasteiger partial charge on any atom is -0.396 e. The molecule has 0 spiro atoms. The molecule has 0 bridgehead atoms. The lowest BCUT2D eigenvalue weighted by Gasteiger charge is -2.42. The largest absolute Gasteiger partial charge is 0.396 e. The molecule has 2 aromatic carbocycles. The van der Waals surface area contributed by atoms with Crippen molar-refractivity contribution in [2.45, 2.75) is 38.6 Å². The van der Waals surface area contributed by atoms with E-state index in [0.29, 0.717) is 23.6 Å². The molecule has 3 heterocycles. The monoisotopic (exact) mass is 537 g/mol. The smallest absolute Gasteiger partial charge is 0.227 e. The summed E-state index contributed by atoms with van der Waals surface area (Å²) in [5.41, 5.74) is 3.08. The van der Waals surface area contributed by atoms with Gasteiger partial charge < -0.3 is 15.3 Å². The van der Waals surface area contributed by atoms with E-state index in [1.807, 2.05) is 24.3 Å². The lowest BCUT2D eigenvalue weighted by atomic mass is 9.94. The highest BCUT2D eigenvalue weighted by atomic mass is 35.5. The first-order valence-corrected chi connectivity index (χ1v) is 12.4. The predicted molar refractivity (Wildman–Crippen MR) is 150 cm³/mol. The minimum absolute atomic E-state index is 0. The molecule has 5 rings (SSSR count). The van der Waals surface area contributed by atoms with Crippen molar-refractivity contribution < 1.29 is 5.11 Å². The molecular formula is C26H34Cl3N5O. The Balaban J connectivity index is 0.00000171. The molecule has 190 valence electrons. The normalized spacial score (nSPS) is 19.2. The molecule has 2 aliphatic rings. The molecule has 6 nitrogen and oxygen atoms in total. The van der Waals surface area contributed by atoms with Gasteiger partial charge in [-0.2, -0.15) is 4.98 Å². The van der Waals surface area contributed by atoms with E-state index >= 15 is 0 Å². The summed E-state index contributed by atoms with van der Waals surface area (Å²) in [7, 11) is 0. The number of halogens is 3. The number of likely N-dealkylation sites (tertiary alicyclic amines) is 1. The van der Waals surface area contributed by atoms with Crippen molar-refractivity contribution in [1.29, 1.82) is 0 Å². The van der Waals surface area contributed by atoms with Crippen molar-refractivity contribution in [2.24, 2.45) is 5.92 Å². The fourth-order valence-electron chi connectivity index (χ4n) is 5.15. The van der Waals surface area contributed by atoms with Crippen molar-refractivity contribution in [1.82, 2.24) is 14.9 Å². The van der Waals surface area contributed by atoms with Crippen molar-refractivity contribution in [2.75, 3.05) is 43.0 Å². The van der Waals surface area contributed by atoms with Crippen LogP contribution in [0.15, 0.2) is 42.5 Å². The van der Waals surface area contributed by atoms with Gasteiger partial charge in [-0.05, 0) is 81.5 Å². The Morgan fingerprint density at radius 2 is 1.74 bits per heavy atom. The third-order valence-corrected chi connectivity index (χ3v) is 7.27. The Kier molecular flexibility index (Phi) is 9.85. The Hall–Kier alpha value is -1.83. The number of nitrogens with one attached hydrogen (secondary N) is 1. The number of benzene rings is 2. The molecule has 1 aromatic heterocycles. The molecule has 3 aromatic rings. The zero-order valence-electron chi connectivity index (χ0n) is 20.0. The zero-order valence-corrected chi connectivity index (χ0v) is 22.4. The fourth-order valence-corrected chi connectivity index (χ4v) is 5.27. The Morgan fingerprint density at radius 3 is 2.46 bits per heavy atom. The lowest BCUT2D eigenvalue weighted by molar-refractivity contribution is 0.0776. The molecule has 0 amide bonds. The molecule has 2 saturated heterocycles. The lowest BCUT2D eigenvalue weighted by Crippen LogP contribution is -2.49. The summed E-state index contributed by atoms with van der Waals surface area (Å²) in [5, 5.41) is 14.8. The van der Waals surface area contributed by atoms with E-state index in [1.54, 1.807) is 0 Å². The second kappa shape index (κ2) is 12.4. The number of nitrogens with zero attached hydrogens (tertiary/aromatic N) is 4. The molecular weight excluding hydrogens is 505 g/mol. The Morgan fingerprint density at radius 1 is 1.00 bits per heavy atom. The van der Waals surface area contributed by atoms with Crippen LogP contribution in [0.2, 0.25) is 5.02 Å². The van der Waals surface area contributed by atoms with Gasteiger partial charge in [0.15, 0.2) is 0 Å². The fraction of sp³-hybridized carbons (Fsp3) is 0.462. The first-order chi connectivity index (χ1) is 16.1. The average molecular weight is 539 g/mol. The summed E-state index contributed by atoms with van der Waals surface area (Å²) >= 11 is 6.07. The summed E-state index contributed by atoms with van der Waals surface area (Å²) < 4.78 is 0. The minimum atomic E-state index is 0. The van der Waals surface area contributed by atoms with E-state index in [4.69, 9.17) is 21.6 Å². The molecule has 0 saturated carbocycles. The zero-order chi connectivity index (χ0) is 22.8. The van der Waals surface area contributed by atoms with Crippen LogP contribution in [0.5, 0.6) is 0 Å². The van der Waals surface area contributed by atoms with Gasteiger partial charge in [0.05, 0.1) is 5.52 Å². The summed E-state index contributed by atoms with van der Waals surface area (Å²) in [6.07, 6.45) is 4.55. The second-order valence-electron chi connectivity index (χ2n) is 9.43. The van der Waals surface area contributed by atoms with Gasteiger partial charge in [-0.1, -0.05) is 23.2 Å². The van der Waals surface area contributed by atoms with Crippen LogP contribution in [0.4, 0.5) is 17.5 Å². The number of aromatic nitrogens is 2. The van der Waals surface area contributed by atoms with E-state index in [0.717, 1.165) is 73.8 Å². The SMILES string of the molecule is Cc1ccc2nc(N3CCC(N4CCCC(CO)C4)CC3)nc(Nc3ccc(Cl)cc3)c2c1.Cl.Cl. The van der Waals surface area contributed by atoms with Crippen LogP contribution in [-0.4, -0.2) is 58.8 Å². The van der Waals surface area contributed by atoms with Crippen molar-refractivity contribution in [3.8, 4) is 0 Å². The summed E-state index contributed by atoms with van der Waals surface area (Å²) in [4.78, 5) is 14.8. The van der Waals surface area contributed by atoms with Gasteiger partial charge in [0, 0.05) is 48.4 Å². The quantitative estimate of drug-likeness (QED) is 0.425. The number of fused-ring (bicyclic) bond motifs is 1. The number of rotatable bonds is 5. The second-order valence-corrected chi connectivity index (χ2v) is 9.87. The van der Waals surface area contributed by atoms with Gasteiger partial charge >= 0.3 is 0 Å². The van der Waals surface area contributed by atoms with E-state index < -0.39 is 0 Å². The van der Waals surface area contributed by atoms with Crippen LogP contribution in [-0.2, 0) is 0 Å². The third-order valence-electron chi connectivity index (χ3n) is 7.02. The molecule has 9 heteroatoms. The number of aryl methyl sites for hydroxylation is 1. The number of hydrogen-bond donors (Lipinski definition) is 2. The third kappa shape index (κ3) is 6.49. The van der Waals surface area contributed by atoms with Gasteiger partial charge in [-0.15, -0.1) is 24.8 Å². The number of hydrogen-bond acceptors (Lipinski definition) is 6. The number of piperidine rings is 2. The Bertz CT molecular complexity index is 1110. The maximum Gasteiger partial charge on any atom is 0.227 e. The molecule has 2 fully saturated rings. The Labute approximate surface area is 224 Å². The van der Waals surface area contributed by atoms with E-state index in [-0.39, 0.29) is 24.8 Å². The standard InChI is InChI=1S/C26H32ClN5O.2ClH/c1-18-4-9-24-23(15-18)25(28-21-7-5-20(27)6-8-21)30-26(29-24)31-13-10-22(11-14-31)32-12-2-3-19(16-32)17-33;;/h4-9,15,19,22,33H,2-3,10-14,16-17H2,1H3,(H,28,29,30);2*1H. The van der Waals surface area contributed by atoms with Crippen LogP contribution in [0, 0.1) is 12.8 Å². The van der Waals surface area contributed by atoms with Crippen molar-refractivity contribution in [3.63, 3.8) is 0 Å². The van der Waals surface area contributed by atoms with Gasteiger partial charge in [0.25, 0.3) is 0 Å². The van der Waals surface area contributed by atoms with Crippen LogP contribution in [0.3, 0.4) is 0 Å². The predicted octanol–water partition coefficient (Wildman–Crippen LogP) is 5.85. The molecule has 35 heavy (non-hydrogen) atoms. The van der Waals surface area contributed by atoms with Crippen LogP contribution < -0.4 is 10.2 Å². The highest BCUT2D eigenvalue weighted by Crippen LogP contribution is 2.30. The summed E-state index contributed by atoms with van der Waals surface area (Å²) in [6, 6.07) is 14.6. The average Bonchev–Trinajstić information content (AvgIpc) is 2.85. The summed E-state index contributed by atoms with van der Waals surface area (Å²) in [6.45, 7) is 6.48. The topological polar surface area (TPSA) is 64.5 Å². The maximum absolute atomic E-state index is 9.58. The van der Waals surface area contributed by atoms with Crippen molar-refractivity contribution >= 4 is 64.8 Å². The highest BCUT2D eigenvalue weighted by Gasteiger charge is 2.29. The van der Waals surface area contributed by atoms with Gasteiger partial charge in [0.2, 0.25) is 5.95 Å². The maximum atomic E-state index is 9.58. The molecule has 1 unspecified atom stereocenters.